The van der Waals surface area contributed by atoms with Gasteiger partial charge < -0.3 is 4.84 Å². The SMILES string of the molecule is CCCCC(CC)CON. The Bertz CT molecular complexity index is 66.3. The molecule has 0 rings (SSSR count). The molecular formula is C8H19NO. The molecule has 0 aliphatic heterocycles. The normalized spacial score (nSPS) is 13.5. The quantitative estimate of drug-likeness (QED) is 0.581. The van der Waals surface area contributed by atoms with Crippen LogP contribution in [0.4, 0.5) is 0 Å². The molecule has 0 spiro atoms. The zero-order valence-electron chi connectivity index (χ0n) is 7.10. The van der Waals surface area contributed by atoms with E-state index in [4.69, 9.17) is 5.90 Å². The molecule has 0 aromatic carbocycles. The summed E-state index contributed by atoms with van der Waals surface area (Å²) in [5.74, 6) is 5.65. The summed E-state index contributed by atoms with van der Waals surface area (Å²) in [6.07, 6.45) is 4.99. The Hall–Kier alpha value is -0.0800. The Morgan fingerprint density at radius 1 is 1.40 bits per heavy atom. The highest BCUT2D eigenvalue weighted by atomic mass is 16.6. The van der Waals surface area contributed by atoms with Crippen molar-refractivity contribution < 1.29 is 4.84 Å². The fourth-order valence-corrected chi connectivity index (χ4v) is 1.03. The Morgan fingerprint density at radius 3 is 2.50 bits per heavy atom. The van der Waals surface area contributed by atoms with Crippen LogP contribution in [0.5, 0.6) is 0 Å². The lowest BCUT2D eigenvalue weighted by Crippen LogP contribution is -2.11. The number of hydrogen-bond acceptors (Lipinski definition) is 2. The maximum absolute atomic E-state index is 4.98. The van der Waals surface area contributed by atoms with Gasteiger partial charge >= 0.3 is 0 Å². The molecular weight excluding hydrogens is 126 g/mol. The van der Waals surface area contributed by atoms with Crippen LogP contribution >= 0.6 is 0 Å². The molecule has 1 unspecified atom stereocenters. The zero-order valence-corrected chi connectivity index (χ0v) is 7.10. The highest BCUT2D eigenvalue weighted by molar-refractivity contribution is 4.54. The first kappa shape index (κ1) is 9.92. The molecule has 0 fully saturated rings. The van der Waals surface area contributed by atoms with Crippen molar-refractivity contribution in [2.45, 2.75) is 39.5 Å². The van der Waals surface area contributed by atoms with Crippen molar-refractivity contribution in [1.82, 2.24) is 0 Å². The zero-order chi connectivity index (χ0) is 7.82. The molecule has 0 saturated heterocycles. The third-order valence-corrected chi connectivity index (χ3v) is 1.88. The number of rotatable bonds is 6. The third kappa shape index (κ3) is 4.77. The van der Waals surface area contributed by atoms with E-state index in [-0.39, 0.29) is 0 Å². The third-order valence-electron chi connectivity index (χ3n) is 1.88. The smallest absolute Gasteiger partial charge is 0.0707 e. The second kappa shape index (κ2) is 7.03. The van der Waals surface area contributed by atoms with E-state index in [0.717, 1.165) is 6.61 Å². The number of nitrogens with two attached hydrogens (primary N) is 1. The van der Waals surface area contributed by atoms with E-state index in [1.165, 1.54) is 25.7 Å². The lowest BCUT2D eigenvalue weighted by molar-refractivity contribution is 0.0956. The second-order valence-electron chi connectivity index (χ2n) is 2.75. The van der Waals surface area contributed by atoms with Gasteiger partial charge in [-0.05, 0) is 12.3 Å². The van der Waals surface area contributed by atoms with Crippen molar-refractivity contribution in [3.05, 3.63) is 0 Å². The van der Waals surface area contributed by atoms with Crippen molar-refractivity contribution >= 4 is 0 Å². The Balaban J connectivity index is 3.21. The predicted octanol–water partition coefficient (Wildman–Crippen LogP) is 2.09. The van der Waals surface area contributed by atoms with Gasteiger partial charge in [-0.15, -0.1) is 0 Å². The highest BCUT2D eigenvalue weighted by Gasteiger charge is 2.03. The topological polar surface area (TPSA) is 35.2 Å². The van der Waals surface area contributed by atoms with E-state index < -0.39 is 0 Å². The Kier molecular flexibility index (Phi) is 6.98. The average Bonchev–Trinajstić information content (AvgIpc) is 1.98. The molecule has 2 heteroatoms. The molecule has 0 aliphatic rings. The van der Waals surface area contributed by atoms with Gasteiger partial charge in [0.05, 0.1) is 6.61 Å². The summed E-state index contributed by atoms with van der Waals surface area (Å²) in [6.45, 7) is 5.10. The van der Waals surface area contributed by atoms with E-state index in [1.54, 1.807) is 0 Å². The fraction of sp³-hybridized carbons (Fsp3) is 1.00. The van der Waals surface area contributed by atoms with Crippen LogP contribution in [0.15, 0.2) is 0 Å². The molecule has 10 heavy (non-hydrogen) atoms. The lowest BCUT2D eigenvalue weighted by atomic mass is 10.0. The van der Waals surface area contributed by atoms with Crippen LogP contribution < -0.4 is 5.90 Å². The summed E-state index contributed by atoms with van der Waals surface area (Å²) in [5.41, 5.74) is 0. The molecule has 0 bridgehead atoms. The van der Waals surface area contributed by atoms with Gasteiger partial charge in [0.2, 0.25) is 0 Å². The molecule has 0 radical (unpaired) electrons. The largest absolute Gasteiger partial charge is 0.304 e. The van der Waals surface area contributed by atoms with Gasteiger partial charge in [0.1, 0.15) is 0 Å². The van der Waals surface area contributed by atoms with Crippen LogP contribution in [-0.4, -0.2) is 6.61 Å². The summed E-state index contributed by atoms with van der Waals surface area (Å²) in [6, 6.07) is 0. The van der Waals surface area contributed by atoms with Gasteiger partial charge in [-0.2, -0.15) is 0 Å². The maximum atomic E-state index is 4.98. The van der Waals surface area contributed by atoms with E-state index >= 15 is 0 Å². The fourth-order valence-electron chi connectivity index (χ4n) is 1.03. The van der Waals surface area contributed by atoms with Gasteiger partial charge in [-0.3, -0.25) is 0 Å². The molecule has 1 atom stereocenters. The van der Waals surface area contributed by atoms with Crippen molar-refractivity contribution in [3.63, 3.8) is 0 Å². The van der Waals surface area contributed by atoms with Crippen molar-refractivity contribution in [2.24, 2.45) is 11.8 Å². The van der Waals surface area contributed by atoms with Crippen molar-refractivity contribution in [3.8, 4) is 0 Å². The predicted molar refractivity (Wildman–Crippen MR) is 43.4 cm³/mol. The number of hydrogen-bond donors (Lipinski definition) is 1. The summed E-state index contributed by atoms with van der Waals surface area (Å²) >= 11 is 0. The lowest BCUT2D eigenvalue weighted by Gasteiger charge is -2.11. The molecule has 0 amide bonds. The van der Waals surface area contributed by atoms with Crippen LogP contribution in [0, 0.1) is 5.92 Å². The van der Waals surface area contributed by atoms with Crippen LogP contribution in [0.1, 0.15) is 39.5 Å². The Labute approximate surface area is 63.7 Å². The molecule has 0 heterocycles. The summed E-state index contributed by atoms with van der Waals surface area (Å²) in [5, 5.41) is 0. The van der Waals surface area contributed by atoms with E-state index in [0.29, 0.717) is 5.92 Å². The molecule has 2 nitrogen and oxygen atoms in total. The molecule has 0 aromatic heterocycles. The number of unbranched alkanes of at least 4 members (excludes halogenated alkanes) is 1. The Morgan fingerprint density at radius 2 is 2.10 bits per heavy atom. The molecule has 0 aromatic rings. The van der Waals surface area contributed by atoms with Crippen LogP contribution in [-0.2, 0) is 4.84 Å². The van der Waals surface area contributed by atoms with Crippen LogP contribution in [0.3, 0.4) is 0 Å². The van der Waals surface area contributed by atoms with Crippen molar-refractivity contribution in [1.29, 1.82) is 0 Å². The van der Waals surface area contributed by atoms with Crippen molar-refractivity contribution in [2.75, 3.05) is 6.61 Å². The summed E-state index contributed by atoms with van der Waals surface area (Å²) in [4.78, 5) is 4.59. The first-order chi connectivity index (χ1) is 4.85. The first-order valence-corrected chi connectivity index (χ1v) is 4.16. The van der Waals surface area contributed by atoms with Crippen LogP contribution in [0.25, 0.3) is 0 Å². The molecule has 0 aliphatic carbocycles. The minimum atomic E-state index is 0.671. The minimum Gasteiger partial charge on any atom is -0.304 e. The highest BCUT2D eigenvalue weighted by Crippen LogP contribution is 2.11. The van der Waals surface area contributed by atoms with Gasteiger partial charge in [-0.1, -0.05) is 33.1 Å². The minimum absolute atomic E-state index is 0.671. The summed E-state index contributed by atoms with van der Waals surface area (Å²) < 4.78 is 0. The standard InChI is InChI=1S/C8H19NO/c1-3-5-6-8(4-2)7-10-9/h8H,3-7,9H2,1-2H3. The molecule has 0 saturated carbocycles. The van der Waals surface area contributed by atoms with E-state index in [1.807, 2.05) is 0 Å². The van der Waals surface area contributed by atoms with Gasteiger partial charge in [0, 0.05) is 0 Å². The average molecular weight is 145 g/mol. The maximum Gasteiger partial charge on any atom is 0.0707 e. The van der Waals surface area contributed by atoms with Gasteiger partial charge in [0.15, 0.2) is 0 Å². The second-order valence-corrected chi connectivity index (χ2v) is 2.75. The molecule has 2 N–H and O–H groups in total. The van der Waals surface area contributed by atoms with E-state index in [9.17, 15) is 0 Å². The molecule has 62 valence electrons. The van der Waals surface area contributed by atoms with Gasteiger partial charge in [-0.25, -0.2) is 5.90 Å². The summed E-state index contributed by atoms with van der Waals surface area (Å²) in [7, 11) is 0. The van der Waals surface area contributed by atoms with Crippen LogP contribution in [0.2, 0.25) is 0 Å². The monoisotopic (exact) mass is 145 g/mol. The first-order valence-electron chi connectivity index (χ1n) is 4.16. The van der Waals surface area contributed by atoms with E-state index in [2.05, 4.69) is 18.7 Å². The van der Waals surface area contributed by atoms with Gasteiger partial charge in [0.25, 0.3) is 0 Å².